The van der Waals surface area contributed by atoms with Gasteiger partial charge in [0, 0.05) is 30.4 Å². The minimum Gasteiger partial charge on any atom is -0.396 e. The lowest BCUT2D eigenvalue weighted by Crippen LogP contribution is -2.30. The molecule has 0 radical (unpaired) electrons. The van der Waals surface area contributed by atoms with Crippen molar-refractivity contribution < 1.29 is 9.90 Å². The maximum absolute atomic E-state index is 12.0. The first-order chi connectivity index (χ1) is 8.58. The highest BCUT2D eigenvalue weighted by Crippen LogP contribution is 2.15. The van der Waals surface area contributed by atoms with Crippen LogP contribution in [0.2, 0.25) is 0 Å². The SMILES string of the molecule is CCCn1cc(Br)cc1C(=O)NCC(C)CCO. The molecule has 1 heterocycles. The molecule has 0 aromatic carbocycles. The fourth-order valence-corrected chi connectivity index (χ4v) is 2.24. The van der Waals surface area contributed by atoms with Gasteiger partial charge in [-0.1, -0.05) is 13.8 Å². The molecule has 102 valence electrons. The third kappa shape index (κ3) is 4.46. The summed E-state index contributed by atoms with van der Waals surface area (Å²) in [7, 11) is 0. The van der Waals surface area contributed by atoms with Crippen LogP contribution in [-0.4, -0.2) is 28.7 Å². The predicted octanol–water partition coefficient (Wildman–Crippen LogP) is 2.41. The molecule has 1 aromatic heterocycles. The Balaban J connectivity index is 2.60. The van der Waals surface area contributed by atoms with Crippen molar-refractivity contribution in [3.8, 4) is 0 Å². The molecule has 0 aliphatic carbocycles. The Bertz CT molecular complexity index is 390. The van der Waals surface area contributed by atoms with Gasteiger partial charge in [-0.25, -0.2) is 0 Å². The Kier molecular flexibility index (Phi) is 6.43. The molecular formula is C13H21BrN2O2. The highest BCUT2D eigenvalue weighted by atomic mass is 79.9. The molecule has 4 nitrogen and oxygen atoms in total. The second kappa shape index (κ2) is 7.59. The molecule has 1 amide bonds. The smallest absolute Gasteiger partial charge is 0.267 e. The van der Waals surface area contributed by atoms with Gasteiger partial charge in [0.05, 0.1) is 0 Å². The van der Waals surface area contributed by atoms with Crippen molar-refractivity contribution in [3.63, 3.8) is 0 Å². The maximum Gasteiger partial charge on any atom is 0.267 e. The van der Waals surface area contributed by atoms with Gasteiger partial charge < -0.3 is 15.0 Å². The van der Waals surface area contributed by atoms with Crippen LogP contribution < -0.4 is 5.32 Å². The number of hydrogen-bond donors (Lipinski definition) is 2. The summed E-state index contributed by atoms with van der Waals surface area (Å²) < 4.78 is 2.88. The zero-order valence-corrected chi connectivity index (χ0v) is 12.5. The molecule has 5 heteroatoms. The van der Waals surface area contributed by atoms with Crippen molar-refractivity contribution >= 4 is 21.8 Å². The summed E-state index contributed by atoms with van der Waals surface area (Å²) in [5, 5.41) is 11.7. The van der Waals surface area contributed by atoms with Gasteiger partial charge in [-0.15, -0.1) is 0 Å². The average molecular weight is 317 g/mol. The zero-order chi connectivity index (χ0) is 13.5. The number of nitrogens with zero attached hydrogens (tertiary/aromatic N) is 1. The van der Waals surface area contributed by atoms with Crippen LogP contribution in [0.25, 0.3) is 0 Å². The highest BCUT2D eigenvalue weighted by Gasteiger charge is 2.13. The van der Waals surface area contributed by atoms with Crippen molar-refractivity contribution in [1.82, 2.24) is 9.88 Å². The second-order valence-electron chi connectivity index (χ2n) is 4.56. The molecule has 0 spiro atoms. The molecule has 0 fully saturated rings. The van der Waals surface area contributed by atoms with Crippen molar-refractivity contribution in [2.45, 2.75) is 33.2 Å². The van der Waals surface area contributed by atoms with E-state index in [-0.39, 0.29) is 18.4 Å². The number of nitrogens with one attached hydrogen (secondary N) is 1. The second-order valence-corrected chi connectivity index (χ2v) is 5.48. The first-order valence-electron chi connectivity index (χ1n) is 6.33. The molecular weight excluding hydrogens is 296 g/mol. The van der Waals surface area contributed by atoms with Gasteiger partial charge in [0.25, 0.3) is 5.91 Å². The van der Waals surface area contributed by atoms with Crippen LogP contribution in [0.3, 0.4) is 0 Å². The van der Waals surface area contributed by atoms with E-state index in [0.29, 0.717) is 18.7 Å². The zero-order valence-electron chi connectivity index (χ0n) is 10.9. The summed E-state index contributed by atoms with van der Waals surface area (Å²) >= 11 is 3.39. The van der Waals surface area contributed by atoms with Crippen LogP contribution in [0.4, 0.5) is 0 Å². The number of aliphatic hydroxyl groups is 1. The van der Waals surface area contributed by atoms with Crippen LogP contribution in [0.5, 0.6) is 0 Å². The van der Waals surface area contributed by atoms with Crippen LogP contribution in [0.15, 0.2) is 16.7 Å². The van der Waals surface area contributed by atoms with E-state index in [9.17, 15) is 4.79 Å². The molecule has 1 unspecified atom stereocenters. The Morgan fingerprint density at radius 1 is 1.61 bits per heavy atom. The number of aromatic nitrogens is 1. The predicted molar refractivity (Wildman–Crippen MR) is 75.6 cm³/mol. The standard InChI is InChI=1S/C13H21BrN2O2/c1-3-5-16-9-11(14)7-12(16)13(18)15-8-10(2)4-6-17/h7,9-10,17H,3-6,8H2,1-2H3,(H,15,18). The van der Waals surface area contributed by atoms with E-state index in [1.807, 2.05) is 23.8 Å². The van der Waals surface area contributed by atoms with Crippen LogP contribution in [-0.2, 0) is 6.54 Å². The molecule has 0 aliphatic rings. The summed E-state index contributed by atoms with van der Waals surface area (Å²) in [4.78, 5) is 12.0. The first-order valence-corrected chi connectivity index (χ1v) is 7.12. The molecule has 18 heavy (non-hydrogen) atoms. The largest absolute Gasteiger partial charge is 0.396 e. The normalized spacial score (nSPS) is 12.4. The summed E-state index contributed by atoms with van der Waals surface area (Å²) in [6.45, 7) is 5.68. The van der Waals surface area contributed by atoms with E-state index in [2.05, 4.69) is 28.2 Å². The number of aryl methyl sites for hydroxylation is 1. The average Bonchev–Trinajstić information content (AvgIpc) is 2.68. The van der Waals surface area contributed by atoms with Crippen LogP contribution >= 0.6 is 15.9 Å². The molecule has 0 bridgehead atoms. The van der Waals surface area contributed by atoms with Gasteiger partial charge >= 0.3 is 0 Å². The molecule has 0 saturated heterocycles. The Labute approximate surface area is 117 Å². The fourth-order valence-electron chi connectivity index (χ4n) is 1.77. The molecule has 0 aliphatic heterocycles. The van der Waals surface area contributed by atoms with Gasteiger partial charge in [-0.2, -0.15) is 0 Å². The lowest BCUT2D eigenvalue weighted by Gasteiger charge is -2.12. The third-order valence-corrected chi connectivity index (χ3v) is 3.23. The van der Waals surface area contributed by atoms with Crippen LogP contribution in [0.1, 0.15) is 37.2 Å². The minimum absolute atomic E-state index is 0.0565. The number of rotatable bonds is 7. The van der Waals surface area contributed by atoms with Gasteiger partial charge in [-0.3, -0.25) is 4.79 Å². The minimum atomic E-state index is -0.0565. The van der Waals surface area contributed by atoms with E-state index < -0.39 is 0 Å². The number of amides is 1. The van der Waals surface area contributed by atoms with Crippen molar-refractivity contribution in [3.05, 3.63) is 22.4 Å². The number of carbonyl (C=O) groups excluding carboxylic acids is 1. The number of aliphatic hydroxyl groups excluding tert-OH is 1. The van der Waals surface area contributed by atoms with E-state index >= 15 is 0 Å². The molecule has 0 saturated carbocycles. The van der Waals surface area contributed by atoms with E-state index in [1.54, 1.807) is 0 Å². The van der Waals surface area contributed by atoms with E-state index in [4.69, 9.17) is 5.11 Å². The van der Waals surface area contributed by atoms with Crippen molar-refractivity contribution in [2.24, 2.45) is 5.92 Å². The number of carbonyl (C=O) groups is 1. The summed E-state index contributed by atoms with van der Waals surface area (Å²) in [6.07, 6.45) is 3.62. The Hall–Kier alpha value is -0.810. The van der Waals surface area contributed by atoms with E-state index in [0.717, 1.165) is 17.4 Å². The summed E-state index contributed by atoms with van der Waals surface area (Å²) in [5.74, 6) is 0.232. The van der Waals surface area contributed by atoms with Crippen molar-refractivity contribution in [2.75, 3.05) is 13.2 Å². The highest BCUT2D eigenvalue weighted by molar-refractivity contribution is 9.10. The summed E-state index contributed by atoms with van der Waals surface area (Å²) in [6, 6.07) is 1.84. The van der Waals surface area contributed by atoms with Crippen molar-refractivity contribution in [1.29, 1.82) is 0 Å². The molecule has 1 atom stereocenters. The quantitative estimate of drug-likeness (QED) is 0.811. The van der Waals surface area contributed by atoms with Gasteiger partial charge in [0.15, 0.2) is 0 Å². The third-order valence-electron chi connectivity index (χ3n) is 2.79. The Morgan fingerprint density at radius 3 is 2.94 bits per heavy atom. The fraction of sp³-hybridized carbons (Fsp3) is 0.615. The number of hydrogen-bond acceptors (Lipinski definition) is 2. The first kappa shape index (κ1) is 15.2. The van der Waals surface area contributed by atoms with Gasteiger partial charge in [-0.05, 0) is 40.8 Å². The Morgan fingerprint density at radius 2 is 2.33 bits per heavy atom. The molecule has 1 rings (SSSR count). The van der Waals surface area contributed by atoms with Gasteiger partial charge in [0.2, 0.25) is 0 Å². The van der Waals surface area contributed by atoms with E-state index in [1.165, 1.54) is 0 Å². The van der Waals surface area contributed by atoms with Gasteiger partial charge in [0.1, 0.15) is 5.69 Å². The summed E-state index contributed by atoms with van der Waals surface area (Å²) in [5.41, 5.74) is 0.680. The maximum atomic E-state index is 12.0. The monoisotopic (exact) mass is 316 g/mol. The topological polar surface area (TPSA) is 54.3 Å². The molecule has 2 N–H and O–H groups in total. The lowest BCUT2D eigenvalue weighted by atomic mass is 10.1. The van der Waals surface area contributed by atoms with Crippen LogP contribution in [0, 0.1) is 5.92 Å². The number of halogens is 1. The lowest BCUT2D eigenvalue weighted by molar-refractivity contribution is 0.0936. The molecule has 1 aromatic rings.